The second-order valence-corrected chi connectivity index (χ2v) is 4.23. The fourth-order valence-corrected chi connectivity index (χ4v) is 1.57. The van der Waals surface area contributed by atoms with E-state index in [1.807, 2.05) is 45.2 Å². The summed E-state index contributed by atoms with van der Waals surface area (Å²) in [4.78, 5) is 9.72. The van der Waals surface area contributed by atoms with Gasteiger partial charge in [-0.15, -0.1) is 0 Å². The highest BCUT2D eigenvalue weighted by Crippen LogP contribution is 2.33. The van der Waals surface area contributed by atoms with Crippen LogP contribution in [-0.4, -0.2) is 10.0 Å². The molecule has 0 aliphatic heterocycles. The number of phenolic OH excluding ortho intramolecular Hbond substituents is 1. The third kappa shape index (κ3) is 1.79. The molecule has 0 aliphatic rings. The zero-order valence-corrected chi connectivity index (χ0v) is 9.94. The average molecular weight is 391 g/mol. The molecule has 0 saturated carbocycles. The number of hydrogen-bond donors (Lipinski definition) is 1. The van der Waals surface area contributed by atoms with Gasteiger partial charge in [-0.2, -0.15) is 0 Å². The van der Waals surface area contributed by atoms with Crippen molar-refractivity contribution in [2.24, 2.45) is 0 Å². The molecule has 4 nitrogen and oxygen atoms in total. The number of nitrogens with zero attached hydrogens (tertiary/aromatic N) is 1. The Hall–Kier alpha value is -0.120. The third-order valence-corrected chi connectivity index (χ3v) is 4.27. The van der Waals surface area contributed by atoms with Crippen molar-refractivity contribution in [1.82, 2.24) is 0 Å². The van der Waals surface area contributed by atoms with Gasteiger partial charge in [0.25, 0.3) is 0 Å². The first-order valence-electron chi connectivity index (χ1n) is 2.85. The molecule has 0 radical (unpaired) electrons. The molecule has 0 unspecified atom stereocenters. The number of nitro groups is 1. The molecule has 12 heavy (non-hydrogen) atoms. The molecule has 6 heteroatoms. The van der Waals surface area contributed by atoms with Gasteiger partial charge in [-0.3, -0.25) is 10.1 Å². The van der Waals surface area contributed by atoms with Crippen LogP contribution < -0.4 is 0 Å². The van der Waals surface area contributed by atoms with Crippen molar-refractivity contribution < 1.29 is 10.0 Å². The van der Waals surface area contributed by atoms with Gasteiger partial charge in [-0.05, 0) is 51.2 Å². The number of aromatic hydroxyl groups is 1. The standard InChI is InChI=1S/C6H3I2NO3/c7-3-1-2-4(9(11)12)6(10)5(3)8/h1-2,10H. The topological polar surface area (TPSA) is 63.4 Å². The van der Waals surface area contributed by atoms with Gasteiger partial charge in [0.1, 0.15) is 0 Å². The van der Waals surface area contributed by atoms with Crippen molar-refractivity contribution >= 4 is 50.9 Å². The van der Waals surface area contributed by atoms with Crippen molar-refractivity contribution in [1.29, 1.82) is 0 Å². The van der Waals surface area contributed by atoms with Gasteiger partial charge >= 0.3 is 5.69 Å². The van der Waals surface area contributed by atoms with E-state index in [2.05, 4.69) is 0 Å². The lowest BCUT2D eigenvalue weighted by molar-refractivity contribution is -0.386. The minimum atomic E-state index is -0.604. The lowest BCUT2D eigenvalue weighted by atomic mass is 10.3. The molecular formula is C6H3I2NO3. The van der Waals surface area contributed by atoms with Gasteiger partial charge in [-0.1, -0.05) is 0 Å². The maximum absolute atomic E-state index is 10.3. The number of benzene rings is 1. The summed E-state index contributed by atoms with van der Waals surface area (Å²) < 4.78 is 1.32. The summed E-state index contributed by atoms with van der Waals surface area (Å²) in [5.41, 5.74) is -0.250. The second-order valence-electron chi connectivity index (χ2n) is 1.99. The molecule has 0 saturated heterocycles. The predicted molar refractivity (Wildman–Crippen MR) is 60.2 cm³/mol. The smallest absolute Gasteiger partial charge is 0.311 e. The number of hydrogen-bond acceptors (Lipinski definition) is 3. The Morgan fingerprint density at radius 3 is 2.50 bits per heavy atom. The van der Waals surface area contributed by atoms with Crippen LogP contribution in [0.1, 0.15) is 0 Å². The SMILES string of the molecule is O=[N+]([O-])c1ccc(I)c(I)c1O. The van der Waals surface area contributed by atoms with E-state index in [0.717, 1.165) is 3.57 Å². The van der Waals surface area contributed by atoms with Gasteiger partial charge in [0, 0.05) is 9.64 Å². The van der Waals surface area contributed by atoms with Crippen molar-refractivity contribution in [3.63, 3.8) is 0 Å². The van der Waals surface area contributed by atoms with E-state index in [0.29, 0.717) is 3.57 Å². The molecule has 1 aromatic rings. The largest absolute Gasteiger partial charge is 0.501 e. The maximum Gasteiger partial charge on any atom is 0.311 e. The van der Waals surface area contributed by atoms with Crippen LogP contribution in [0.5, 0.6) is 5.75 Å². The summed E-state index contributed by atoms with van der Waals surface area (Å²) in [5.74, 6) is -0.257. The molecule has 0 fully saturated rings. The number of phenols is 1. The van der Waals surface area contributed by atoms with E-state index < -0.39 is 4.92 Å². The van der Waals surface area contributed by atoms with Gasteiger partial charge in [0.2, 0.25) is 5.75 Å². The minimum Gasteiger partial charge on any atom is -0.501 e. The Morgan fingerprint density at radius 1 is 1.42 bits per heavy atom. The predicted octanol–water partition coefficient (Wildman–Crippen LogP) is 2.51. The number of nitro benzene ring substituents is 1. The molecule has 0 atom stereocenters. The van der Waals surface area contributed by atoms with Crippen LogP contribution in [0.3, 0.4) is 0 Å². The monoisotopic (exact) mass is 391 g/mol. The first-order chi connectivity index (χ1) is 5.54. The second kappa shape index (κ2) is 3.73. The van der Waals surface area contributed by atoms with E-state index in [1.54, 1.807) is 6.07 Å². The Labute approximate surface area is 95.4 Å². The fourth-order valence-electron chi connectivity index (χ4n) is 0.677. The summed E-state index contributed by atoms with van der Waals surface area (Å²) in [6, 6.07) is 2.89. The summed E-state index contributed by atoms with van der Waals surface area (Å²) >= 11 is 3.87. The van der Waals surface area contributed by atoms with Crippen LogP contribution in [0, 0.1) is 17.3 Å². The average Bonchev–Trinajstić information content (AvgIpc) is 2.00. The highest BCUT2D eigenvalue weighted by molar-refractivity contribution is 14.1. The van der Waals surface area contributed by atoms with Gasteiger partial charge < -0.3 is 5.11 Å². The summed E-state index contributed by atoms with van der Waals surface area (Å²) in [6.45, 7) is 0. The highest BCUT2D eigenvalue weighted by Gasteiger charge is 2.17. The highest BCUT2D eigenvalue weighted by atomic mass is 127. The third-order valence-electron chi connectivity index (χ3n) is 1.24. The first-order valence-corrected chi connectivity index (χ1v) is 5.01. The summed E-state index contributed by atoms with van der Waals surface area (Å²) in [7, 11) is 0. The van der Waals surface area contributed by atoms with Crippen molar-refractivity contribution in [2.75, 3.05) is 0 Å². The molecule has 0 aromatic heterocycles. The van der Waals surface area contributed by atoms with Crippen LogP contribution >= 0.6 is 45.2 Å². The lowest BCUT2D eigenvalue weighted by Gasteiger charge is -1.99. The zero-order valence-electron chi connectivity index (χ0n) is 5.62. The van der Waals surface area contributed by atoms with Crippen molar-refractivity contribution in [2.45, 2.75) is 0 Å². The molecule has 0 bridgehead atoms. The molecular weight excluding hydrogens is 388 g/mol. The van der Waals surface area contributed by atoms with Gasteiger partial charge in [0.05, 0.1) is 8.49 Å². The number of rotatable bonds is 1. The zero-order chi connectivity index (χ0) is 9.30. The van der Waals surface area contributed by atoms with Crippen LogP contribution in [-0.2, 0) is 0 Å². The van der Waals surface area contributed by atoms with Crippen molar-refractivity contribution in [3.05, 3.63) is 29.4 Å². The van der Waals surface area contributed by atoms with Crippen molar-refractivity contribution in [3.8, 4) is 5.75 Å². The summed E-state index contributed by atoms with van der Waals surface area (Å²) in [6.07, 6.45) is 0. The minimum absolute atomic E-state index is 0.250. The molecule has 64 valence electrons. The molecule has 1 aromatic carbocycles. The molecule has 1 N–H and O–H groups in total. The van der Waals surface area contributed by atoms with E-state index in [1.165, 1.54) is 6.07 Å². The normalized spacial score (nSPS) is 9.83. The van der Waals surface area contributed by atoms with Crippen LogP contribution in [0.2, 0.25) is 0 Å². The Morgan fingerprint density at radius 2 is 2.00 bits per heavy atom. The Kier molecular flexibility index (Phi) is 3.09. The molecule has 0 heterocycles. The fraction of sp³-hybridized carbons (Fsp3) is 0. The van der Waals surface area contributed by atoms with Crippen LogP contribution in [0.4, 0.5) is 5.69 Å². The molecule has 0 spiro atoms. The van der Waals surface area contributed by atoms with E-state index in [9.17, 15) is 15.2 Å². The number of halogens is 2. The van der Waals surface area contributed by atoms with E-state index in [-0.39, 0.29) is 11.4 Å². The summed E-state index contributed by atoms with van der Waals surface area (Å²) in [5, 5.41) is 19.6. The molecule has 0 amide bonds. The van der Waals surface area contributed by atoms with Gasteiger partial charge in [0.15, 0.2) is 0 Å². The maximum atomic E-state index is 10.3. The van der Waals surface area contributed by atoms with E-state index >= 15 is 0 Å². The molecule has 1 rings (SSSR count). The quantitative estimate of drug-likeness (QED) is 0.455. The van der Waals surface area contributed by atoms with Gasteiger partial charge in [-0.25, -0.2) is 0 Å². The van der Waals surface area contributed by atoms with Crippen LogP contribution in [0.15, 0.2) is 12.1 Å². The van der Waals surface area contributed by atoms with E-state index in [4.69, 9.17) is 0 Å². The Balaban J connectivity index is 3.36. The lowest BCUT2D eigenvalue weighted by Crippen LogP contribution is -1.91. The Bertz CT molecular complexity index is 340. The van der Waals surface area contributed by atoms with Crippen LogP contribution in [0.25, 0.3) is 0 Å². The first kappa shape index (κ1) is 9.96. The molecule has 0 aliphatic carbocycles.